The molecule has 5 heteroatoms. The standard InChI is InChI=1S/C12H12ClN3O/c1-15-6-10-11(7-15)14-16(12(10)17)9-4-2-8(13)3-5-9/h2-5,14H,6-7H2,1H3. The molecule has 1 aromatic heterocycles. The predicted octanol–water partition coefficient (Wildman–Crippen LogP) is 1.76. The van der Waals surface area contributed by atoms with E-state index in [1.54, 1.807) is 16.8 Å². The molecule has 0 aliphatic carbocycles. The molecule has 4 nitrogen and oxygen atoms in total. The van der Waals surface area contributed by atoms with Crippen LogP contribution < -0.4 is 5.56 Å². The van der Waals surface area contributed by atoms with Crippen molar-refractivity contribution in [2.75, 3.05) is 7.05 Å². The fourth-order valence-corrected chi connectivity index (χ4v) is 2.30. The van der Waals surface area contributed by atoms with Crippen LogP contribution in [0, 0.1) is 0 Å². The quantitative estimate of drug-likeness (QED) is 0.837. The minimum atomic E-state index is 0.0340. The largest absolute Gasteiger partial charge is 0.296 e. The van der Waals surface area contributed by atoms with Gasteiger partial charge < -0.3 is 0 Å². The predicted molar refractivity (Wildman–Crippen MR) is 66.6 cm³/mol. The first-order valence-electron chi connectivity index (χ1n) is 5.42. The maximum absolute atomic E-state index is 12.2. The average molecular weight is 250 g/mol. The summed E-state index contributed by atoms with van der Waals surface area (Å²) < 4.78 is 1.58. The molecule has 0 fully saturated rings. The molecule has 0 unspecified atom stereocenters. The molecular formula is C12H12ClN3O. The SMILES string of the molecule is CN1Cc2[nH]n(-c3ccc(Cl)cc3)c(=O)c2C1. The first-order chi connectivity index (χ1) is 8.15. The van der Waals surface area contributed by atoms with Crippen LogP contribution in [0.25, 0.3) is 5.69 Å². The maximum atomic E-state index is 12.2. The Balaban J connectivity index is 2.09. The molecule has 2 heterocycles. The van der Waals surface area contributed by atoms with E-state index < -0.39 is 0 Å². The third-order valence-electron chi connectivity index (χ3n) is 3.01. The summed E-state index contributed by atoms with van der Waals surface area (Å²) in [5, 5.41) is 3.81. The third kappa shape index (κ3) is 1.69. The van der Waals surface area contributed by atoms with Crippen LogP contribution in [-0.4, -0.2) is 21.7 Å². The number of H-pyrrole nitrogens is 1. The normalized spacial score (nSPS) is 15.2. The second-order valence-corrected chi connectivity index (χ2v) is 4.79. The Labute approximate surface area is 103 Å². The fourth-order valence-electron chi connectivity index (χ4n) is 2.18. The van der Waals surface area contributed by atoms with Gasteiger partial charge >= 0.3 is 0 Å². The van der Waals surface area contributed by atoms with Gasteiger partial charge in [-0.15, -0.1) is 0 Å². The van der Waals surface area contributed by atoms with Crippen LogP contribution in [0.1, 0.15) is 11.3 Å². The van der Waals surface area contributed by atoms with Gasteiger partial charge in [-0.1, -0.05) is 11.6 Å². The van der Waals surface area contributed by atoms with Gasteiger partial charge in [-0.2, -0.15) is 0 Å². The summed E-state index contributed by atoms with van der Waals surface area (Å²) in [7, 11) is 2.00. The van der Waals surface area contributed by atoms with E-state index in [4.69, 9.17) is 11.6 Å². The summed E-state index contributed by atoms with van der Waals surface area (Å²) >= 11 is 5.83. The number of rotatable bonds is 1. The lowest BCUT2D eigenvalue weighted by Gasteiger charge is -2.07. The zero-order chi connectivity index (χ0) is 12.0. The molecule has 3 rings (SSSR count). The van der Waals surface area contributed by atoms with Crippen molar-refractivity contribution in [2.24, 2.45) is 0 Å². The number of hydrogen-bond acceptors (Lipinski definition) is 2. The van der Waals surface area contributed by atoms with Gasteiger partial charge in [-0.05, 0) is 31.3 Å². The van der Waals surface area contributed by atoms with Crippen molar-refractivity contribution in [3.63, 3.8) is 0 Å². The van der Waals surface area contributed by atoms with Gasteiger partial charge in [-0.25, -0.2) is 4.68 Å². The average Bonchev–Trinajstić information content (AvgIpc) is 2.79. The lowest BCUT2D eigenvalue weighted by molar-refractivity contribution is 0.346. The molecule has 88 valence electrons. The van der Waals surface area contributed by atoms with Crippen molar-refractivity contribution in [1.29, 1.82) is 0 Å². The molecule has 2 aromatic rings. The Kier molecular flexibility index (Phi) is 2.34. The van der Waals surface area contributed by atoms with Crippen LogP contribution in [0.15, 0.2) is 29.1 Å². The molecular weight excluding hydrogens is 238 g/mol. The first-order valence-corrected chi connectivity index (χ1v) is 5.80. The molecule has 0 atom stereocenters. The molecule has 1 aliphatic rings. The van der Waals surface area contributed by atoms with Crippen molar-refractivity contribution in [3.05, 3.63) is 50.9 Å². The molecule has 1 N–H and O–H groups in total. The Morgan fingerprint density at radius 2 is 1.94 bits per heavy atom. The van der Waals surface area contributed by atoms with Crippen LogP contribution in [-0.2, 0) is 13.1 Å². The second-order valence-electron chi connectivity index (χ2n) is 4.36. The number of nitrogens with zero attached hydrogens (tertiary/aromatic N) is 2. The molecule has 0 radical (unpaired) electrons. The lowest BCUT2D eigenvalue weighted by Crippen LogP contribution is -2.20. The number of benzene rings is 1. The van der Waals surface area contributed by atoms with E-state index in [9.17, 15) is 4.79 Å². The van der Waals surface area contributed by atoms with Crippen molar-refractivity contribution < 1.29 is 0 Å². The van der Waals surface area contributed by atoms with Crippen molar-refractivity contribution in [1.82, 2.24) is 14.7 Å². The van der Waals surface area contributed by atoms with Gasteiger partial charge in [0.2, 0.25) is 0 Å². The molecule has 0 bridgehead atoms. The van der Waals surface area contributed by atoms with Crippen LogP contribution in [0.3, 0.4) is 0 Å². The summed E-state index contributed by atoms with van der Waals surface area (Å²) in [6.45, 7) is 1.51. The molecule has 1 aliphatic heterocycles. The van der Waals surface area contributed by atoms with Crippen LogP contribution in [0.4, 0.5) is 0 Å². The van der Waals surface area contributed by atoms with Gasteiger partial charge in [0.25, 0.3) is 5.56 Å². The van der Waals surface area contributed by atoms with E-state index in [-0.39, 0.29) is 5.56 Å². The zero-order valence-corrected chi connectivity index (χ0v) is 10.2. The zero-order valence-electron chi connectivity index (χ0n) is 9.40. The monoisotopic (exact) mass is 249 g/mol. The smallest absolute Gasteiger partial charge is 0.276 e. The van der Waals surface area contributed by atoms with Gasteiger partial charge in [0, 0.05) is 18.1 Å². The molecule has 1 aromatic carbocycles. The third-order valence-corrected chi connectivity index (χ3v) is 3.27. The number of fused-ring (bicyclic) bond motifs is 1. The molecule has 17 heavy (non-hydrogen) atoms. The highest BCUT2D eigenvalue weighted by Gasteiger charge is 2.23. The van der Waals surface area contributed by atoms with E-state index in [2.05, 4.69) is 10.00 Å². The summed E-state index contributed by atoms with van der Waals surface area (Å²) in [5.41, 5.74) is 2.72. The molecule has 0 saturated carbocycles. The van der Waals surface area contributed by atoms with E-state index in [1.165, 1.54) is 0 Å². The first kappa shape index (κ1) is 10.6. The number of aromatic amines is 1. The highest BCUT2D eigenvalue weighted by Crippen LogP contribution is 2.18. The van der Waals surface area contributed by atoms with E-state index in [1.807, 2.05) is 19.2 Å². The maximum Gasteiger partial charge on any atom is 0.276 e. The molecule has 0 amide bonds. The van der Waals surface area contributed by atoms with Gasteiger partial charge in [0.05, 0.1) is 16.9 Å². The van der Waals surface area contributed by atoms with Gasteiger partial charge in [-0.3, -0.25) is 14.8 Å². The number of nitrogens with one attached hydrogen (secondary N) is 1. The number of aromatic nitrogens is 2. The van der Waals surface area contributed by atoms with E-state index >= 15 is 0 Å². The minimum Gasteiger partial charge on any atom is -0.296 e. The molecule has 0 spiro atoms. The van der Waals surface area contributed by atoms with E-state index in [0.29, 0.717) is 11.6 Å². The Bertz CT molecular complexity index is 612. The van der Waals surface area contributed by atoms with Crippen LogP contribution in [0.2, 0.25) is 5.02 Å². The fraction of sp³-hybridized carbons (Fsp3) is 0.250. The van der Waals surface area contributed by atoms with Crippen molar-refractivity contribution in [3.8, 4) is 5.69 Å². The summed E-state index contributed by atoms with van der Waals surface area (Å²) in [6, 6.07) is 7.22. The topological polar surface area (TPSA) is 41.0 Å². The van der Waals surface area contributed by atoms with Gasteiger partial charge in [0.15, 0.2) is 0 Å². The summed E-state index contributed by atoms with van der Waals surface area (Å²) in [6.07, 6.45) is 0. The second kappa shape index (κ2) is 3.75. The molecule has 0 saturated heterocycles. The van der Waals surface area contributed by atoms with Crippen molar-refractivity contribution >= 4 is 11.6 Å². The minimum absolute atomic E-state index is 0.0340. The summed E-state index contributed by atoms with van der Waals surface area (Å²) in [4.78, 5) is 14.3. The van der Waals surface area contributed by atoms with Crippen LogP contribution in [0.5, 0.6) is 0 Å². The Morgan fingerprint density at radius 3 is 2.59 bits per heavy atom. The highest BCUT2D eigenvalue weighted by atomic mass is 35.5. The Morgan fingerprint density at radius 1 is 1.24 bits per heavy atom. The van der Waals surface area contributed by atoms with E-state index in [0.717, 1.165) is 23.5 Å². The van der Waals surface area contributed by atoms with Crippen molar-refractivity contribution in [2.45, 2.75) is 13.1 Å². The van der Waals surface area contributed by atoms with Gasteiger partial charge in [0.1, 0.15) is 0 Å². The number of hydrogen-bond donors (Lipinski definition) is 1. The summed E-state index contributed by atoms with van der Waals surface area (Å²) in [5.74, 6) is 0. The highest BCUT2D eigenvalue weighted by molar-refractivity contribution is 6.30. The Hall–Kier alpha value is -1.52. The lowest BCUT2D eigenvalue weighted by atomic mass is 10.3. The van der Waals surface area contributed by atoms with Crippen LogP contribution >= 0.6 is 11.6 Å². The number of halogens is 1.